The zero-order valence-electron chi connectivity index (χ0n) is 10.9. The number of rotatable bonds is 6. The van der Waals surface area contributed by atoms with E-state index < -0.39 is 6.04 Å². The Morgan fingerprint density at radius 1 is 1.39 bits per heavy atom. The maximum atomic E-state index is 12.1. The average molecular weight is 246 g/mol. The van der Waals surface area contributed by atoms with Gasteiger partial charge in [-0.25, -0.2) is 0 Å². The lowest BCUT2D eigenvalue weighted by molar-refractivity contribution is -0.123. The van der Waals surface area contributed by atoms with Crippen molar-refractivity contribution in [2.45, 2.75) is 44.7 Å². The summed E-state index contributed by atoms with van der Waals surface area (Å²) in [6.07, 6.45) is 4.71. The van der Waals surface area contributed by atoms with Gasteiger partial charge in [-0.1, -0.05) is 50.1 Å². The van der Waals surface area contributed by atoms with Crippen LogP contribution in [0.4, 0.5) is 0 Å². The van der Waals surface area contributed by atoms with E-state index in [1.165, 1.54) is 12.8 Å². The van der Waals surface area contributed by atoms with E-state index in [4.69, 9.17) is 5.73 Å². The predicted molar refractivity (Wildman–Crippen MR) is 72.9 cm³/mol. The average Bonchev–Trinajstić information content (AvgIpc) is 3.22. The van der Waals surface area contributed by atoms with Gasteiger partial charge in [0.2, 0.25) is 5.91 Å². The lowest BCUT2D eigenvalue weighted by Gasteiger charge is -2.19. The standard InChI is InChI=1S/C15H22N2O/c1-2-13(10-11-8-9-11)17-15(18)14(16)12-6-4-3-5-7-12/h3-7,11,13-14H,2,8-10,16H2,1H3,(H,17,18)/t13?,14-/m1/s1. The van der Waals surface area contributed by atoms with E-state index in [1.807, 2.05) is 30.3 Å². The summed E-state index contributed by atoms with van der Waals surface area (Å²) in [5.41, 5.74) is 6.85. The summed E-state index contributed by atoms with van der Waals surface area (Å²) in [7, 11) is 0. The largest absolute Gasteiger partial charge is 0.352 e. The van der Waals surface area contributed by atoms with Crippen LogP contribution in [0.25, 0.3) is 0 Å². The van der Waals surface area contributed by atoms with E-state index >= 15 is 0 Å². The summed E-state index contributed by atoms with van der Waals surface area (Å²) in [6, 6.07) is 9.25. The lowest BCUT2D eigenvalue weighted by Crippen LogP contribution is -2.40. The van der Waals surface area contributed by atoms with Gasteiger partial charge in [-0.3, -0.25) is 4.79 Å². The van der Waals surface area contributed by atoms with Gasteiger partial charge in [0.05, 0.1) is 0 Å². The van der Waals surface area contributed by atoms with Crippen LogP contribution in [0.1, 0.15) is 44.2 Å². The van der Waals surface area contributed by atoms with E-state index in [2.05, 4.69) is 12.2 Å². The van der Waals surface area contributed by atoms with Crippen molar-refractivity contribution in [1.29, 1.82) is 0 Å². The third-order valence-electron chi connectivity index (χ3n) is 3.60. The highest BCUT2D eigenvalue weighted by Gasteiger charge is 2.26. The van der Waals surface area contributed by atoms with Crippen molar-refractivity contribution in [3.05, 3.63) is 35.9 Å². The molecule has 0 heterocycles. The molecular weight excluding hydrogens is 224 g/mol. The molecule has 0 bridgehead atoms. The molecule has 1 aromatic rings. The molecule has 1 fully saturated rings. The summed E-state index contributed by atoms with van der Waals surface area (Å²) in [5.74, 6) is 0.761. The van der Waals surface area contributed by atoms with Crippen molar-refractivity contribution in [2.75, 3.05) is 0 Å². The molecular formula is C15H22N2O. The van der Waals surface area contributed by atoms with Gasteiger partial charge in [-0.05, 0) is 24.3 Å². The number of nitrogens with one attached hydrogen (secondary N) is 1. The van der Waals surface area contributed by atoms with Crippen molar-refractivity contribution in [3.8, 4) is 0 Å². The third kappa shape index (κ3) is 3.57. The smallest absolute Gasteiger partial charge is 0.241 e. The molecule has 1 saturated carbocycles. The normalized spacial score (nSPS) is 18.1. The SMILES string of the molecule is CCC(CC1CC1)NC(=O)[C@H](N)c1ccccc1. The number of benzene rings is 1. The van der Waals surface area contributed by atoms with Gasteiger partial charge in [-0.2, -0.15) is 0 Å². The van der Waals surface area contributed by atoms with Crippen LogP contribution in [0, 0.1) is 5.92 Å². The molecule has 3 heteroatoms. The van der Waals surface area contributed by atoms with Crippen LogP contribution >= 0.6 is 0 Å². The van der Waals surface area contributed by atoms with E-state index in [0.29, 0.717) is 0 Å². The topological polar surface area (TPSA) is 55.1 Å². The van der Waals surface area contributed by atoms with Gasteiger partial charge in [0.1, 0.15) is 6.04 Å². The molecule has 0 aliphatic heterocycles. The molecule has 1 aliphatic carbocycles. The molecule has 0 radical (unpaired) electrons. The number of nitrogens with two attached hydrogens (primary N) is 1. The Balaban J connectivity index is 1.89. The molecule has 1 amide bonds. The van der Waals surface area contributed by atoms with Gasteiger partial charge >= 0.3 is 0 Å². The second kappa shape index (κ2) is 6.01. The van der Waals surface area contributed by atoms with Crippen molar-refractivity contribution < 1.29 is 4.79 Å². The highest BCUT2D eigenvalue weighted by atomic mass is 16.2. The highest BCUT2D eigenvalue weighted by Crippen LogP contribution is 2.34. The second-order valence-electron chi connectivity index (χ2n) is 5.18. The Morgan fingerprint density at radius 3 is 2.61 bits per heavy atom. The maximum absolute atomic E-state index is 12.1. The van der Waals surface area contributed by atoms with Crippen LogP contribution in [-0.2, 0) is 4.79 Å². The zero-order valence-corrected chi connectivity index (χ0v) is 10.9. The summed E-state index contributed by atoms with van der Waals surface area (Å²) in [5, 5.41) is 3.07. The molecule has 98 valence electrons. The Labute approximate surface area is 109 Å². The molecule has 1 unspecified atom stereocenters. The summed E-state index contributed by atoms with van der Waals surface area (Å²) < 4.78 is 0. The van der Waals surface area contributed by atoms with Crippen molar-refractivity contribution in [3.63, 3.8) is 0 Å². The monoisotopic (exact) mass is 246 g/mol. The van der Waals surface area contributed by atoms with E-state index in [-0.39, 0.29) is 11.9 Å². The Bertz CT molecular complexity index is 387. The molecule has 3 N–H and O–H groups in total. The summed E-state index contributed by atoms with van der Waals surface area (Å²) in [4.78, 5) is 12.1. The Morgan fingerprint density at radius 2 is 2.06 bits per heavy atom. The van der Waals surface area contributed by atoms with Crippen LogP contribution in [0.5, 0.6) is 0 Å². The van der Waals surface area contributed by atoms with Crippen LogP contribution < -0.4 is 11.1 Å². The second-order valence-corrected chi connectivity index (χ2v) is 5.18. The van der Waals surface area contributed by atoms with E-state index in [0.717, 1.165) is 24.3 Å². The Hall–Kier alpha value is -1.35. The molecule has 2 rings (SSSR count). The first-order valence-electron chi connectivity index (χ1n) is 6.81. The quantitative estimate of drug-likeness (QED) is 0.809. The van der Waals surface area contributed by atoms with E-state index in [1.54, 1.807) is 0 Å². The maximum Gasteiger partial charge on any atom is 0.241 e. The van der Waals surface area contributed by atoms with Crippen LogP contribution in [-0.4, -0.2) is 11.9 Å². The fourth-order valence-corrected chi connectivity index (χ4v) is 2.19. The van der Waals surface area contributed by atoms with Gasteiger partial charge in [0.15, 0.2) is 0 Å². The van der Waals surface area contributed by atoms with Crippen LogP contribution in [0.15, 0.2) is 30.3 Å². The molecule has 1 aromatic carbocycles. The molecule has 3 nitrogen and oxygen atoms in total. The fourth-order valence-electron chi connectivity index (χ4n) is 2.19. The fraction of sp³-hybridized carbons (Fsp3) is 0.533. The van der Waals surface area contributed by atoms with Gasteiger partial charge in [0, 0.05) is 6.04 Å². The minimum atomic E-state index is -0.556. The van der Waals surface area contributed by atoms with E-state index in [9.17, 15) is 4.79 Å². The highest BCUT2D eigenvalue weighted by molar-refractivity contribution is 5.83. The minimum absolute atomic E-state index is 0.0614. The third-order valence-corrected chi connectivity index (χ3v) is 3.60. The lowest BCUT2D eigenvalue weighted by atomic mass is 10.0. The molecule has 0 saturated heterocycles. The number of amides is 1. The van der Waals surface area contributed by atoms with Gasteiger partial charge < -0.3 is 11.1 Å². The molecule has 0 spiro atoms. The van der Waals surface area contributed by atoms with Gasteiger partial charge in [-0.15, -0.1) is 0 Å². The Kier molecular flexibility index (Phi) is 4.37. The minimum Gasteiger partial charge on any atom is -0.352 e. The van der Waals surface area contributed by atoms with Gasteiger partial charge in [0.25, 0.3) is 0 Å². The predicted octanol–water partition coefficient (Wildman–Crippen LogP) is 2.38. The van der Waals surface area contributed by atoms with Crippen LogP contribution in [0.3, 0.4) is 0 Å². The van der Waals surface area contributed by atoms with Crippen LogP contribution in [0.2, 0.25) is 0 Å². The number of carbonyl (C=O) groups is 1. The first-order chi connectivity index (χ1) is 8.70. The molecule has 1 aliphatic rings. The summed E-state index contributed by atoms with van der Waals surface area (Å²) >= 11 is 0. The number of hydrogen-bond acceptors (Lipinski definition) is 2. The van der Waals surface area contributed by atoms with Crippen molar-refractivity contribution >= 4 is 5.91 Å². The molecule has 18 heavy (non-hydrogen) atoms. The van der Waals surface area contributed by atoms with Crippen molar-refractivity contribution in [1.82, 2.24) is 5.32 Å². The first kappa shape index (κ1) is 13.1. The number of carbonyl (C=O) groups excluding carboxylic acids is 1. The number of hydrogen-bond donors (Lipinski definition) is 2. The zero-order chi connectivity index (χ0) is 13.0. The molecule has 0 aromatic heterocycles. The summed E-state index contributed by atoms with van der Waals surface area (Å²) in [6.45, 7) is 2.11. The van der Waals surface area contributed by atoms with Crippen molar-refractivity contribution in [2.24, 2.45) is 11.7 Å². The first-order valence-corrected chi connectivity index (χ1v) is 6.81. The molecule has 2 atom stereocenters.